The second-order valence-electron chi connectivity index (χ2n) is 5.32. The minimum atomic E-state index is -0.0884. The van der Waals surface area contributed by atoms with E-state index in [1.807, 2.05) is 0 Å². The fourth-order valence-electron chi connectivity index (χ4n) is 2.42. The molecule has 1 aliphatic heterocycles. The van der Waals surface area contributed by atoms with Gasteiger partial charge < -0.3 is 9.94 Å². The smallest absolute Gasteiger partial charge is 0.305 e. The van der Waals surface area contributed by atoms with E-state index in [9.17, 15) is 4.79 Å². The van der Waals surface area contributed by atoms with Crippen molar-refractivity contribution in [3.05, 3.63) is 0 Å². The number of carbonyl (C=O) groups is 1. The molecule has 19 heavy (non-hydrogen) atoms. The minimum Gasteiger partial charge on any atom is -0.466 e. The number of nitrogens with zero attached hydrogens (tertiary/aromatic N) is 1. The topological polar surface area (TPSA) is 58.9 Å². The molecule has 0 radical (unpaired) electrons. The monoisotopic (exact) mass is 269 g/mol. The Bertz CT molecular complexity index is 277. The van der Waals surface area contributed by atoms with Gasteiger partial charge in [-0.05, 0) is 32.1 Å². The summed E-state index contributed by atoms with van der Waals surface area (Å²) in [6.45, 7) is 0.442. The van der Waals surface area contributed by atoms with Crippen molar-refractivity contribution in [3.8, 4) is 0 Å². The summed E-state index contributed by atoms with van der Waals surface area (Å²) >= 11 is 0. The number of carbonyl (C=O) groups excluding carboxylic acids is 1. The molecule has 0 aromatic rings. The van der Waals surface area contributed by atoms with Gasteiger partial charge in [0.1, 0.15) is 0 Å². The standard InChI is InChI=1S/C15H27NO3/c17-15-12-8-6-4-2-1-3-5-7-10-14(16-18)11-9-13-19-15/h18H,1-13H2/b16-14+. The van der Waals surface area contributed by atoms with Crippen LogP contribution in [0.5, 0.6) is 0 Å². The number of hydrogen-bond acceptors (Lipinski definition) is 4. The van der Waals surface area contributed by atoms with Crippen LogP contribution < -0.4 is 0 Å². The highest BCUT2D eigenvalue weighted by molar-refractivity contribution is 5.83. The van der Waals surface area contributed by atoms with Crippen molar-refractivity contribution in [1.82, 2.24) is 0 Å². The third-order valence-electron chi connectivity index (χ3n) is 3.61. The van der Waals surface area contributed by atoms with Gasteiger partial charge in [0.2, 0.25) is 0 Å². The summed E-state index contributed by atoms with van der Waals surface area (Å²) in [7, 11) is 0. The van der Waals surface area contributed by atoms with Crippen LogP contribution in [0.25, 0.3) is 0 Å². The van der Waals surface area contributed by atoms with Gasteiger partial charge in [0.15, 0.2) is 0 Å². The van der Waals surface area contributed by atoms with Gasteiger partial charge in [-0.3, -0.25) is 4.79 Å². The number of rotatable bonds is 0. The number of ether oxygens (including phenoxy) is 1. The zero-order chi connectivity index (χ0) is 13.8. The molecule has 0 bridgehead atoms. The fourth-order valence-corrected chi connectivity index (χ4v) is 2.42. The van der Waals surface area contributed by atoms with Gasteiger partial charge in [-0.25, -0.2) is 0 Å². The summed E-state index contributed by atoms with van der Waals surface area (Å²) in [4.78, 5) is 11.4. The van der Waals surface area contributed by atoms with Crippen LogP contribution in [-0.2, 0) is 9.53 Å². The summed E-state index contributed by atoms with van der Waals surface area (Å²) < 4.78 is 5.16. The Labute approximate surface area is 116 Å². The molecule has 0 saturated carbocycles. The van der Waals surface area contributed by atoms with Crippen molar-refractivity contribution in [1.29, 1.82) is 0 Å². The van der Waals surface area contributed by atoms with Gasteiger partial charge in [0.05, 0.1) is 12.3 Å². The first-order valence-electron chi connectivity index (χ1n) is 7.68. The second-order valence-corrected chi connectivity index (χ2v) is 5.32. The molecule has 0 unspecified atom stereocenters. The molecule has 0 aromatic heterocycles. The lowest BCUT2D eigenvalue weighted by atomic mass is 10.0. The summed E-state index contributed by atoms with van der Waals surface area (Å²) in [5.41, 5.74) is 0.836. The van der Waals surface area contributed by atoms with E-state index in [0.29, 0.717) is 13.0 Å². The molecule has 0 aliphatic carbocycles. The minimum absolute atomic E-state index is 0.0884. The molecule has 0 atom stereocenters. The van der Waals surface area contributed by atoms with E-state index in [1.165, 1.54) is 32.1 Å². The second kappa shape index (κ2) is 10.8. The van der Waals surface area contributed by atoms with Crippen molar-refractivity contribution >= 4 is 11.7 Å². The maximum atomic E-state index is 11.4. The Kier molecular flexibility index (Phi) is 9.11. The van der Waals surface area contributed by atoms with E-state index in [4.69, 9.17) is 9.94 Å². The molecule has 0 aromatic carbocycles. The van der Waals surface area contributed by atoms with Gasteiger partial charge in [-0.15, -0.1) is 0 Å². The quantitative estimate of drug-likeness (QED) is 0.410. The van der Waals surface area contributed by atoms with Gasteiger partial charge in [0, 0.05) is 6.42 Å². The van der Waals surface area contributed by atoms with Crippen molar-refractivity contribution in [2.24, 2.45) is 5.16 Å². The third-order valence-corrected chi connectivity index (χ3v) is 3.61. The molecule has 110 valence electrons. The largest absolute Gasteiger partial charge is 0.466 e. The Morgan fingerprint density at radius 3 is 1.95 bits per heavy atom. The van der Waals surface area contributed by atoms with Crippen molar-refractivity contribution in [2.75, 3.05) is 6.61 Å². The van der Waals surface area contributed by atoms with Crippen LogP contribution in [0.4, 0.5) is 0 Å². The predicted molar refractivity (Wildman–Crippen MR) is 75.6 cm³/mol. The van der Waals surface area contributed by atoms with E-state index in [2.05, 4.69) is 5.16 Å². The third kappa shape index (κ3) is 8.62. The number of esters is 1. The first-order chi connectivity index (χ1) is 9.33. The molecule has 1 aliphatic rings. The van der Waals surface area contributed by atoms with Gasteiger partial charge in [-0.1, -0.05) is 43.7 Å². The maximum absolute atomic E-state index is 11.4. The van der Waals surface area contributed by atoms with Crippen LogP contribution >= 0.6 is 0 Å². The van der Waals surface area contributed by atoms with Crippen molar-refractivity contribution in [3.63, 3.8) is 0 Å². The normalized spacial score (nSPS) is 24.0. The van der Waals surface area contributed by atoms with E-state index < -0.39 is 0 Å². The number of cyclic esters (lactones) is 1. The SMILES string of the molecule is O=C1CCCCCCCCCC/C(=N\O)CCCO1. The first kappa shape index (κ1) is 16.0. The van der Waals surface area contributed by atoms with Crippen LogP contribution in [0.15, 0.2) is 5.16 Å². The number of oxime groups is 1. The van der Waals surface area contributed by atoms with Crippen molar-refractivity contribution < 1.29 is 14.7 Å². The van der Waals surface area contributed by atoms with Crippen LogP contribution in [0.2, 0.25) is 0 Å². The predicted octanol–water partition coefficient (Wildman–Crippen LogP) is 4.05. The maximum Gasteiger partial charge on any atom is 0.305 e. The molecule has 0 amide bonds. The summed E-state index contributed by atoms with van der Waals surface area (Å²) in [5, 5.41) is 12.3. The van der Waals surface area contributed by atoms with E-state index >= 15 is 0 Å². The average molecular weight is 269 g/mol. The lowest BCUT2D eigenvalue weighted by Gasteiger charge is -2.08. The van der Waals surface area contributed by atoms with E-state index in [0.717, 1.165) is 44.2 Å². The van der Waals surface area contributed by atoms with Gasteiger partial charge >= 0.3 is 5.97 Å². The van der Waals surface area contributed by atoms with Crippen molar-refractivity contribution in [2.45, 2.75) is 77.0 Å². The molecule has 1 heterocycles. The summed E-state index contributed by atoms with van der Waals surface area (Å²) in [5.74, 6) is -0.0884. The summed E-state index contributed by atoms with van der Waals surface area (Å²) in [6.07, 6.45) is 12.3. The van der Waals surface area contributed by atoms with Crippen LogP contribution in [0, 0.1) is 0 Å². The first-order valence-corrected chi connectivity index (χ1v) is 7.68. The zero-order valence-electron chi connectivity index (χ0n) is 11.9. The average Bonchev–Trinajstić information content (AvgIpc) is 2.41. The molecule has 4 heteroatoms. The molecular weight excluding hydrogens is 242 g/mol. The Balaban J connectivity index is 2.30. The van der Waals surface area contributed by atoms with Crippen LogP contribution in [0.3, 0.4) is 0 Å². The van der Waals surface area contributed by atoms with Crippen LogP contribution in [-0.4, -0.2) is 23.5 Å². The molecule has 4 nitrogen and oxygen atoms in total. The molecular formula is C15H27NO3. The number of hydrogen-bond donors (Lipinski definition) is 1. The Morgan fingerprint density at radius 2 is 1.32 bits per heavy atom. The van der Waals surface area contributed by atoms with Crippen LogP contribution in [0.1, 0.15) is 77.0 Å². The Hall–Kier alpha value is -1.06. The lowest BCUT2D eigenvalue weighted by Crippen LogP contribution is -2.08. The molecule has 1 rings (SSSR count). The highest BCUT2D eigenvalue weighted by atomic mass is 16.5. The molecule has 1 saturated heterocycles. The molecule has 1 N–H and O–H groups in total. The molecule has 0 spiro atoms. The fraction of sp³-hybridized carbons (Fsp3) is 0.867. The Morgan fingerprint density at radius 1 is 0.789 bits per heavy atom. The van der Waals surface area contributed by atoms with E-state index in [-0.39, 0.29) is 5.97 Å². The van der Waals surface area contributed by atoms with Gasteiger partial charge in [0.25, 0.3) is 0 Å². The van der Waals surface area contributed by atoms with Gasteiger partial charge in [-0.2, -0.15) is 0 Å². The van der Waals surface area contributed by atoms with E-state index in [1.54, 1.807) is 0 Å². The summed E-state index contributed by atoms with van der Waals surface area (Å²) in [6, 6.07) is 0. The molecule has 1 fully saturated rings. The zero-order valence-corrected chi connectivity index (χ0v) is 11.9. The highest BCUT2D eigenvalue weighted by Gasteiger charge is 2.05. The highest BCUT2D eigenvalue weighted by Crippen LogP contribution is 2.13. The lowest BCUT2D eigenvalue weighted by molar-refractivity contribution is -0.143.